The van der Waals surface area contributed by atoms with Gasteiger partial charge < -0.3 is 9.73 Å². The standard InChI is InChI=1S/C13H10FN3O/c1-15-12-6-5-10(16-17-12)11-7-8-3-2-4-9(14)13(8)18-11/h2-7H,1H3,(H,15,17). The van der Waals surface area contributed by atoms with Gasteiger partial charge in [-0.2, -0.15) is 0 Å². The Morgan fingerprint density at radius 3 is 2.72 bits per heavy atom. The van der Waals surface area contributed by atoms with Gasteiger partial charge in [-0.25, -0.2) is 4.39 Å². The zero-order valence-corrected chi connectivity index (χ0v) is 9.64. The largest absolute Gasteiger partial charge is 0.451 e. The summed E-state index contributed by atoms with van der Waals surface area (Å²) in [5, 5.41) is 11.6. The van der Waals surface area contributed by atoms with E-state index in [0.717, 1.165) is 0 Å². The Balaban J connectivity index is 2.10. The molecule has 0 saturated carbocycles. The van der Waals surface area contributed by atoms with Gasteiger partial charge in [0.05, 0.1) is 0 Å². The molecule has 2 aromatic heterocycles. The monoisotopic (exact) mass is 243 g/mol. The smallest absolute Gasteiger partial charge is 0.170 e. The van der Waals surface area contributed by atoms with Crippen molar-refractivity contribution >= 4 is 16.8 Å². The van der Waals surface area contributed by atoms with Crippen LogP contribution in [0.15, 0.2) is 40.8 Å². The number of furan rings is 1. The number of para-hydroxylation sites is 1. The van der Waals surface area contributed by atoms with Crippen LogP contribution in [0.25, 0.3) is 22.4 Å². The molecule has 2 heterocycles. The van der Waals surface area contributed by atoms with E-state index in [9.17, 15) is 4.39 Å². The van der Waals surface area contributed by atoms with E-state index in [1.54, 1.807) is 37.4 Å². The van der Waals surface area contributed by atoms with Crippen molar-refractivity contribution in [3.8, 4) is 11.5 Å². The van der Waals surface area contributed by atoms with Crippen molar-refractivity contribution in [1.29, 1.82) is 0 Å². The first kappa shape index (κ1) is 10.7. The number of nitrogens with one attached hydrogen (secondary N) is 1. The Morgan fingerprint density at radius 2 is 2.06 bits per heavy atom. The molecule has 0 unspecified atom stereocenters. The summed E-state index contributed by atoms with van der Waals surface area (Å²) < 4.78 is 19.0. The van der Waals surface area contributed by atoms with Crippen LogP contribution in [0.1, 0.15) is 0 Å². The van der Waals surface area contributed by atoms with E-state index in [1.165, 1.54) is 6.07 Å². The van der Waals surface area contributed by atoms with Gasteiger partial charge in [-0.1, -0.05) is 12.1 Å². The number of anilines is 1. The molecule has 5 heteroatoms. The topological polar surface area (TPSA) is 51.0 Å². The average molecular weight is 243 g/mol. The van der Waals surface area contributed by atoms with Crippen LogP contribution in [0.5, 0.6) is 0 Å². The van der Waals surface area contributed by atoms with Gasteiger partial charge in [0.1, 0.15) is 11.5 Å². The lowest BCUT2D eigenvalue weighted by molar-refractivity contribution is 0.567. The SMILES string of the molecule is CNc1ccc(-c2cc3cccc(F)c3o2)nn1. The Labute approximate surface area is 102 Å². The number of hydrogen-bond acceptors (Lipinski definition) is 4. The molecule has 90 valence electrons. The highest BCUT2D eigenvalue weighted by atomic mass is 19.1. The molecule has 0 bridgehead atoms. The number of hydrogen-bond donors (Lipinski definition) is 1. The minimum absolute atomic E-state index is 0.243. The van der Waals surface area contributed by atoms with E-state index in [2.05, 4.69) is 15.5 Å². The molecule has 4 nitrogen and oxygen atoms in total. The van der Waals surface area contributed by atoms with E-state index >= 15 is 0 Å². The van der Waals surface area contributed by atoms with E-state index in [1.807, 2.05) is 0 Å². The summed E-state index contributed by atoms with van der Waals surface area (Å²) in [6.45, 7) is 0. The van der Waals surface area contributed by atoms with Crippen LogP contribution >= 0.6 is 0 Å². The highest BCUT2D eigenvalue weighted by Gasteiger charge is 2.10. The summed E-state index contributed by atoms with van der Waals surface area (Å²) in [5.41, 5.74) is 0.816. The predicted octanol–water partition coefficient (Wildman–Crippen LogP) is 3.07. The molecule has 0 radical (unpaired) electrons. The number of halogens is 1. The molecule has 3 aromatic rings. The average Bonchev–Trinajstić information content (AvgIpc) is 2.84. The molecule has 18 heavy (non-hydrogen) atoms. The summed E-state index contributed by atoms with van der Waals surface area (Å²) in [4.78, 5) is 0. The second kappa shape index (κ2) is 4.10. The number of benzene rings is 1. The van der Waals surface area contributed by atoms with Crippen LogP contribution in [0.2, 0.25) is 0 Å². The van der Waals surface area contributed by atoms with Crippen LogP contribution in [0.3, 0.4) is 0 Å². The fourth-order valence-electron chi connectivity index (χ4n) is 1.75. The van der Waals surface area contributed by atoms with Gasteiger partial charge in [0, 0.05) is 12.4 Å². The summed E-state index contributed by atoms with van der Waals surface area (Å²) >= 11 is 0. The molecule has 0 aliphatic heterocycles. The zero-order valence-electron chi connectivity index (χ0n) is 9.64. The number of nitrogens with zero attached hydrogens (tertiary/aromatic N) is 2. The second-order valence-corrected chi connectivity index (χ2v) is 3.82. The van der Waals surface area contributed by atoms with Crippen molar-refractivity contribution in [2.45, 2.75) is 0 Å². The summed E-state index contributed by atoms with van der Waals surface area (Å²) in [6.07, 6.45) is 0. The van der Waals surface area contributed by atoms with E-state index < -0.39 is 0 Å². The summed E-state index contributed by atoms with van der Waals surface area (Å²) in [7, 11) is 1.76. The molecule has 0 aliphatic rings. The Kier molecular flexibility index (Phi) is 2.44. The van der Waals surface area contributed by atoms with Crippen LogP contribution in [0, 0.1) is 5.82 Å². The predicted molar refractivity (Wildman–Crippen MR) is 66.7 cm³/mol. The molecule has 0 atom stereocenters. The zero-order chi connectivity index (χ0) is 12.5. The maximum Gasteiger partial charge on any atom is 0.170 e. The van der Waals surface area contributed by atoms with Crippen molar-refractivity contribution < 1.29 is 8.81 Å². The molecule has 1 N–H and O–H groups in total. The lowest BCUT2D eigenvalue weighted by atomic mass is 10.2. The third-order valence-electron chi connectivity index (χ3n) is 2.67. The van der Waals surface area contributed by atoms with Crippen LogP contribution in [0.4, 0.5) is 10.2 Å². The molecule has 0 amide bonds. The van der Waals surface area contributed by atoms with Crippen molar-refractivity contribution in [3.63, 3.8) is 0 Å². The van der Waals surface area contributed by atoms with Gasteiger partial charge >= 0.3 is 0 Å². The summed E-state index contributed by atoms with van der Waals surface area (Å²) in [6, 6.07) is 10.1. The lowest BCUT2D eigenvalue weighted by Crippen LogP contribution is -1.94. The molecule has 0 spiro atoms. The molecule has 1 aromatic carbocycles. The first-order valence-electron chi connectivity index (χ1n) is 5.48. The van der Waals surface area contributed by atoms with Gasteiger partial charge in [-0.3, -0.25) is 0 Å². The minimum Gasteiger partial charge on any atom is -0.451 e. The quantitative estimate of drug-likeness (QED) is 0.751. The van der Waals surface area contributed by atoms with E-state index in [4.69, 9.17) is 4.42 Å². The molecular weight excluding hydrogens is 233 g/mol. The van der Waals surface area contributed by atoms with Crippen LogP contribution in [-0.2, 0) is 0 Å². The highest BCUT2D eigenvalue weighted by Crippen LogP contribution is 2.28. The van der Waals surface area contributed by atoms with Crippen LogP contribution < -0.4 is 5.32 Å². The van der Waals surface area contributed by atoms with E-state index in [0.29, 0.717) is 22.7 Å². The lowest BCUT2D eigenvalue weighted by Gasteiger charge is -1.98. The second-order valence-electron chi connectivity index (χ2n) is 3.82. The molecule has 0 saturated heterocycles. The van der Waals surface area contributed by atoms with Crippen molar-refractivity contribution in [2.75, 3.05) is 12.4 Å². The van der Waals surface area contributed by atoms with Crippen LogP contribution in [-0.4, -0.2) is 17.2 Å². The van der Waals surface area contributed by atoms with Crippen molar-refractivity contribution in [3.05, 3.63) is 42.2 Å². The Bertz CT molecular complexity index is 691. The number of rotatable bonds is 2. The first-order chi connectivity index (χ1) is 8.78. The van der Waals surface area contributed by atoms with Gasteiger partial charge in [-0.15, -0.1) is 10.2 Å². The normalized spacial score (nSPS) is 10.8. The highest BCUT2D eigenvalue weighted by molar-refractivity contribution is 5.82. The van der Waals surface area contributed by atoms with Crippen molar-refractivity contribution in [2.24, 2.45) is 0 Å². The van der Waals surface area contributed by atoms with Gasteiger partial charge in [-0.05, 0) is 24.3 Å². The van der Waals surface area contributed by atoms with Gasteiger partial charge in [0.15, 0.2) is 17.2 Å². The first-order valence-corrected chi connectivity index (χ1v) is 5.48. The van der Waals surface area contributed by atoms with E-state index in [-0.39, 0.29) is 11.4 Å². The van der Waals surface area contributed by atoms with Crippen molar-refractivity contribution in [1.82, 2.24) is 10.2 Å². The summed E-state index contributed by atoms with van der Waals surface area (Å²) in [5.74, 6) is 0.796. The Hall–Kier alpha value is -2.43. The third kappa shape index (κ3) is 1.69. The fraction of sp³-hybridized carbons (Fsp3) is 0.0769. The third-order valence-corrected chi connectivity index (χ3v) is 2.67. The maximum absolute atomic E-state index is 13.5. The number of aromatic nitrogens is 2. The molecular formula is C13H10FN3O. The Morgan fingerprint density at radius 1 is 1.17 bits per heavy atom. The molecule has 3 rings (SSSR count). The fourth-order valence-corrected chi connectivity index (χ4v) is 1.75. The molecule has 0 aliphatic carbocycles. The van der Waals surface area contributed by atoms with Gasteiger partial charge in [0.25, 0.3) is 0 Å². The maximum atomic E-state index is 13.5. The minimum atomic E-state index is -0.376. The number of fused-ring (bicyclic) bond motifs is 1. The molecule has 0 fully saturated rings. The van der Waals surface area contributed by atoms with Gasteiger partial charge in [0.2, 0.25) is 0 Å².